The van der Waals surface area contributed by atoms with Gasteiger partial charge in [0.25, 0.3) is 0 Å². The van der Waals surface area contributed by atoms with Crippen LogP contribution in [0.4, 0.5) is 0 Å². The zero-order valence-electron chi connectivity index (χ0n) is 9.11. The lowest BCUT2D eigenvalue weighted by Gasteiger charge is -2.13. The van der Waals surface area contributed by atoms with Gasteiger partial charge in [-0.1, -0.05) is 0 Å². The van der Waals surface area contributed by atoms with Gasteiger partial charge in [-0.05, 0) is 12.5 Å². The smallest absolute Gasteiger partial charge is 0.118 e. The van der Waals surface area contributed by atoms with Gasteiger partial charge in [0.2, 0.25) is 0 Å². The number of nitrogens with two attached hydrogens (primary N) is 1. The molecular formula is C11H18N2O2. The minimum atomic E-state index is 0.383. The highest BCUT2D eigenvalue weighted by Gasteiger charge is 2.22. The predicted octanol–water partition coefficient (Wildman–Crippen LogP) is 0.959. The SMILES string of the molecule is COC1CCN(Cc2cc(CN)co2)C1. The molecule has 2 N–H and O–H groups in total. The van der Waals surface area contributed by atoms with Crippen LogP contribution in [0.25, 0.3) is 0 Å². The number of nitrogens with zero attached hydrogens (tertiary/aromatic N) is 1. The number of hydrogen-bond donors (Lipinski definition) is 1. The Morgan fingerprint density at radius 3 is 3.13 bits per heavy atom. The molecule has 15 heavy (non-hydrogen) atoms. The van der Waals surface area contributed by atoms with Crippen molar-refractivity contribution >= 4 is 0 Å². The molecular weight excluding hydrogens is 192 g/mol. The second-order valence-corrected chi connectivity index (χ2v) is 4.01. The van der Waals surface area contributed by atoms with E-state index in [-0.39, 0.29) is 0 Å². The van der Waals surface area contributed by atoms with E-state index < -0.39 is 0 Å². The Kier molecular flexibility index (Phi) is 3.41. The van der Waals surface area contributed by atoms with Gasteiger partial charge in [-0.2, -0.15) is 0 Å². The van der Waals surface area contributed by atoms with Gasteiger partial charge in [-0.3, -0.25) is 4.90 Å². The maximum atomic E-state index is 5.52. The van der Waals surface area contributed by atoms with E-state index in [0.29, 0.717) is 12.6 Å². The van der Waals surface area contributed by atoms with Crippen molar-refractivity contribution < 1.29 is 9.15 Å². The summed E-state index contributed by atoms with van der Waals surface area (Å²) in [6.07, 6.45) is 3.23. The lowest BCUT2D eigenvalue weighted by Crippen LogP contribution is -2.22. The molecule has 0 aromatic carbocycles. The number of furan rings is 1. The van der Waals surface area contributed by atoms with Crippen molar-refractivity contribution in [3.8, 4) is 0 Å². The Morgan fingerprint density at radius 2 is 2.53 bits per heavy atom. The van der Waals surface area contributed by atoms with Crippen molar-refractivity contribution in [3.05, 3.63) is 23.7 Å². The highest BCUT2D eigenvalue weighted by Crippen LogP contribution is 2.16. The number of likely N-dealkylation sites (tertiary alicyclic amines) is 1. The minimum Gasteiger partial charge on any atom is -0.468 e. The van der Waals surface area contributed by atoms with Crippen LogP contribution in [-0.4, -0.2) is 31.2 Å². The summed E-state index contributed by atoms with van der Waals surface area (Å²) in [5.74, 6) is 0.993. The fourth-order valence-electron chi connectivity index (χ4n) is 1.97. The Morgan fingerprint density at radius 1 is 1.67 bits per heavy atom. The number of ether oxygens (including phenoxy) is 1. The summed E-state index contributed by atoms with van der Waals surface area (Å²) in [5, 5.41) is 0. The molecule has 4 nitrogen and oxygen atoms in total. The van der Waals surface area contributed by atoms with Crippen LogP contribution >= 0.6 is 0 Å². The third kappa shape index (κ3) is 2.59. The van der Waals surface area contributed by atoms with E-state index in [1.54, 1.807) is 13.4 Å². The maximum Gasteiger partial charge on any atom is 0.118 e. The monoisotopic (exact) mass is 210 g/mol. The topological polar surface area (TPSA) is 51.6 Å². The van der Waals surface area contributed by atoms with Crippen molar-refractivity contribution in [1.82, 2.24) is 4.90 Å². The van der Waals surface area contributed by atoms with Gasteiger partial charge in [-0.25, -0.2) is 0 Å². The van der Waals surface area contributed by atoms with Crippen molar-refractivity contribution in [2.24, 2.45) is 5.73 Å². The first-order valence-electron chi connectivity index (χ1n) is 5.33. The molecule has 0 spiro atoms. The van der Waals surface area contributed by atoms with Gasteiger partial charge >= 0.3 is 0 Å². The van der Waals surface area contributed by atoms with Crippen LogP contribution in [0.15, 0.2) is 16.7 Å². The average molecular weight is 210 g/mol. The highest BCUT2D eigenvalue weighted by atomic mass is 16.5. The van der Waals surface area contributed by atoms with E-state index in [2.05, 4.69) is 4.90 Å². The largest absolute Gasteiger partial charge is 0.468 e. The van der Waals surface area contributed by atoms with E-state index in [1.165, 1.54) is 0 Å². The lowest BCUT2D eigenvalue weighted by atomic mass is 10.3. The first-order chi connectivity index (χ1) is 7.31. The van der Waals surface area contributed by atoms with E-state index >= 15 is 0 Å². The van der Waals surface area contributed by atoms with Crippen LogP contribution in [0.3, 0.4) is 0 Å². The molecule has 1 atom stereocenters. The fourth-order valence-corrected chi connectivity index (χ4v) is 1.97. The Balaban J connectivity index is 1.87. The van der Waals surface area contributed by atoms with Gasteiger partial charge in [0.05, 0.1) is 18.9 Å². The van der Waals surface area contributed by atoms with E-state index in [9.17, 15) is 0 Å². The zero-order chi connectivity index (χ0) is 10.7. The molecule has 1 aliphatic rings. The summed E-state index contributed by atoms with van der Waals surface area (Å²) in [5.41, 5.74) is 6.58. The molecule has 1 fully saturated rings. The summed E-state index contributed by atoms with van der Waals surface area (Å²) >= 11 is 0. The summed E-state index contributed by atoms with van der Waals surface area (Å²) in [4.78, 5) is 2.34. The van der Waals surface area contributed by atoms with Gasteiger partial charge in [0.1, 0.15) is 5.76 Å². The molecule has 4 heteroatoms. The minimum absolute atomic E-state index is 0.383. The number of hydrogen-bond acceptors (Lipinski definition) is 4. The van der Waals surface area contributed by atoms with Crippen molar-refractivity contribution in [3.63, 3.8) is 0 Å². The maximum absolute atomic E-state index is 5.52. The number of rotatable bonds is 4. The van der Waals surface area contributed by atoms with Gasteiger partial charge < -0.3 is 14.9 Å². The molecule has 0 radical (unpaired) electrons. The van der Waals surface area contributed by atoms with Crippen LogP contribution in [0.5, 0.6) is 0 Å². The van der Waals surface area contributed by atoms with Crippen LogP contribution in [-0.2, 0) is 17.8 Å². The van der Waals surface area contributed by atoms with Crippen molar-refractivity contribution in [2.45, 2.75) is 25.6 Å². The molecule has 1 aliphatic heterocycles. The first-order valence-corrected chi connectivity index (χ1v) is 5.33. The normalized spacial score (nSPS) is 22.4. The summed E-state index contributed by atoms with van der Waals surface area (Å²) in [6, 6.07) is 2.03. The first kappa shape index (κ1) is 10.7. The molecule has 0 amide bonds. The molecule has 0 saturated carbocycles. The predicted molar refractivity (Wildman–Crippen MR) is 57.3 cm³/mol. The van der Waals surface area contributed by atoms with Gasteiger partial charge in [0.15, 0.2) is 0 Å². The third-order valence-electron chi connectivity index (χ3n) is 2.89. The quantitative estimate of drug-likeness (QED) is 0.804. The molecule has 0 bridgehead atoms. The van der Waals surface area contributed by atoms with Crippen LogP contribution in [0.1, 0.15) is 17.7 Å². The summed E-state index contributed by atoms with van der Waals surface area (Å²) in [7, 11) is 1.77. The number of methoxy groups -OCH3 is 1. The van der Waals surface area contributed by atoms with Gasteiger partial charge in [0, 0.05) is 32.3 Å². The van der Waals surface area contributed by atoms with E-state index in [0.717, 1.165) is 37.4 Å². The van der Waals surface area contributed by atoms with Crippen LogP contribution < -0.4 is 5.73 Å². The Labute approximate surface area is 90.0 Å². The molecule has 0 aliphatic carbocycles. The summed E-state index contributed by atoms with van der Waals surface area (Å²) in [6.45, 7) is 3.48. The van der Waals surface area contributed by atoms with Crippen molar-refractivity contribution in [2.75, 3.05) is 20.2 Å². The fraction of sp³-hybridized carbons (Fsp3) is 0.636. The zero-order valence-corrected chi connectivity index (χ0v) is 9.11. The highest BCUT2D eigenvalue weighted by molar-refractivity contribution is 5.12. The molecule has 1 aromatic rings. The second kappa shape index (κ2) is 4.79. The Hall–Kier alpha value is -0.840. The van der Waals surface area contributed by atoms with Crippen molar-refractivity contribution in [1.29, 1.82) is 0 Å². The van der Waals surface area contributed by atoms with E-state index in [4.69, 9.17) is 14.9 Å². The van der Waals surface area contributed by atoms with Gasteiger partial charge in [-0.15, -0.1) is 0 Å². The van der Waals surface area contributed by atoms with Crippen LogP contribution in [0, 0.1) is 0 Å². The van der Waals surface area contributed by atoms with Crippen LogP contribution in [0.2, 0.25) is 0 Å². The third-order valence-corrected chi connectivity index (χ3v) is 2.89. The average Bonchev–Trinajstić information content (AvgIpc) is 2.87. The molecule has 2 rings (SSSR count). The molecule has 1 unspecified atom stereocenters. The molecule has 2 heterocycles. The molecule has 1 aromatic heterocycles. The second-order valence-electron chi connectivity index (χ2n) is 4.01. The molecule has 1 saturated heterocycles. The Bertz CT molecular complexity index is 311. The van der Waals surface area contributed by atoms with E-state index in [1.807, 2.05) is 6.07 Å². The standard InChI is InChI=1S/C11H18N2O2/c1-14-10-2-3-13(6-10)7-11-4-9(5-12)8-15-11/h4,8,10H,2-3,5-7,12H2,1H3. The lowest BCUT2D eigenvalue weighted by molar-refractivity contribution is 0.106. The molecule has 84 valence electrons. The summed E-state index contributed by atoms with van der Waals surface area (Å²) < 4.78 is 10.7.